The lowest BCUT2D eigenvalue weighted by Gasteiger charge is -2.32. The van der Waals surface area contributed by atoms with Crippen LogP contribution in [-0.4, -0.2) is 31.7 Å². The molecule has 0 bridgehead atoms. The number of piperidine rings is 1. The van der Waals surface area contributed by atoms with Gasteiger partial charge in [-0.15, -0.1) is 0 Å². The van der Waals surface area contributed by atoms with Crippen LogP contribution in [0.25, 0.3) is 0 Å². The maximum atomic E-state index is 8.90. The van der Waals surface area contributed by atoms with Gasteiger partial charge in [0.05, 0.1) is 11.6 Å². The number of hydrogen-bond acceptors (Lipinski definition) is 4. The van der Waals surface area contributed by atoms with E-state index >= 15 is 0 Å². The molecule has 1 aliphatic rings. The predicted octanol–water partition coefficient (Wildman–Crippen LogP) is 1.78. The lowest BCUT2D eigenvalue weighted by Crippen LogP contribution is -2.35. The Morgan fingerprint density at radius 3 is 2.94 bits per heavy atom. The zero-order valence-electron chi connectivity index (χ0n) is 10.9. The first-order chi connectivity index (χ1) is 8.83. The van der Waals surface area contributed by atoms with Crippen LogP contribution in [0, 0.1) is 17.2 Å². The van der Waals surface area contributed by atoms with Crippen molar-refractivity contribution in [3.63, 3.8) is 0 Å². The Bertz CT molecular complexity index is 416. The first kappa shape index (κ1) is 12.8. The molecule has 0 saturated carbocycles. The third-order valence-electron chi connectivity index (χ3n) is 3.62. The van der Waals surface area contributed by atoms with Crippen molar-refractivity contribution in [2.45, 2.75) is 19.3 Å². The molecule has 0 aliphatic carbocycles. The molecule has 0 aromatic carbocycles. The summed E-state index contributed by atoms with van der Waals surface area (Å²) < 4.78 is 0. The zero-order chi connectivity index (χ0) is 12.8. The second-order valence-electron chi connectivity index (χ2n) is 4.84. The van der Waals surface area contributed by atoms with Gasteiger partial charge < -0.3 is 10.2 Å². The van der Waals surface area contributed by atoms with Gasteiger partial charge in [0.25, 0.3) is 0 Å². The Morgan fingerprint density at radius 2 is 2.28 bits per heavy atom. The van der Waals surface area contributed by atoms with Gasteiger partial charge in [0, 0.05) is 19.3 Å². The summed E-state index contributed by atoms with van der Waals surface area (Å²) in [5, 5.41) is 12.1. The molecule has 4 nitrogen and oxygen atoms in total. The average molecular weight is 244 g/mol. The van der Waals surface area contributed by atoms with Gasteiger partial charge in [-0.25, -0.2) is 4.98 Å². The molecule has 0 amide bonds. The van der Waals surface area contributed by atoms with Crippen LogP contribution >= 0.6 is 0 Å². The summed E-state index contributed by atoms with van der Waals surface area (Å²) in [6.07, 6.45) is 5.43. The summed E-state index contributed by atoms with van der Waals surface area (Å²) in [6.45, 7) is 3.21. The second-order valence-corrected chi connectivity index (χ2v) is 4.84. The van der Waals surface area contributed by atoms with Gasteiger partial charge >= 0.3 is 0 Å². The fraction of sp³-hybridized carbons (Fsp3) is 0.571. The first-order valence-electron chi connectivity index (χ1n) is 6.59. The highest BCUT2D eigenvalue weighted by atomic mass is 15.2. The highest BCUT2D eigenvalue weighted by molar-refractivity contribution is 5.45. The minimum Gasteiger partial charge on any atom is -0.357 e. The van der Waals surface area contributed by atoms with E-state index in [1.807, 2.05) is 13.1 Å². The van der Waals surface area contributed by atoms with Crippen LogP contribution in [0.5, 0.6) is 0 Å². The third-order valence-corrected chi connectivity index (χ3v) is 3.62. The number of nitrogens with zero attached hydrogens (tertiary/aromatic N) is 3. The van der Waals surface area contributed by atoms with Gasteiger partial charge in [-0.05, 0) is 50.9 Å². The molecule has 1 aliphatic heterocycles. The topological polar surface area (TPSA) is 52.0 Å². The van der Waals surface area contributed by atoms with Gasteiger partial charge in [-0.2, -0.15) is 5.26 Å². The number of pyridine rings is 1. The Hall–Kier alpha value is -1.60. The standard InChI is InChI=1S/C14H20N4/c1-16-6-2-12-4-8-18(9-5-12)14-10-13(11-15)3-7-17-14/h3,7,10,12,16H,2,4-6,8-9H2,1H3. The lowest BCUT2D eigenvalue weighted by atomic mass is 9.93. The number of nitriles is 1. The molecule has 2 rings (SSSR count). The number of anilines is 1. The van der Waals surface area contributed by atoms with E-state index in [0.29, 0.717) is 5.56 Å². The Labute approximate surface area is 109 Å². The smallest absolute Gasteiger partial charge is 0.129 e. The molecular weight excluding hydrogens is 224 g/mol. The van der Waals surface area contributed by atoms with E-state index in [1.165, 1.54) is 19.3 Å². The van der Waals surface area contributed by atoms with E-state index in [-0.39, 0.29) is 0 Å². The minimum absolute atomic E-state index is 0.692. The molecule has 0 unspecified atom stereocenters. The maximum Gasteiger partial charge on any atom is 0.129 e. The summed E-state index contributed by atoms with van der Waals surface area (Å²) in [6, 6.07) is 5.80. The molecule has 1 N–H and O–H groups in total. The van der Waals surface area contributed by atoms with Gasteiger partial charge in [0.15, 0.2) is 0 Å². The van der Waals surface area contributed by atoms with Gasteiger partial charge in [0.1, 0.15) is 5.82 Å². The summed E-state index contributed by atoms with van der Waals surface area (Å²) in [4.78, 5) is 6.65. The van der Waals surface area contributed by atoms with Crippen molar-refractivity contribution < 1.29 is 0 Å². The Kier molecular flexibility index (Phi) is 4.54. The summed E-state index contributed by atoms with van der Waals surface area (Å²) in [7, 11) is 2.01. The molecule has 1 saturated heterocycles. The van der Waals surface area contributed by atoms with Gasteiger partial charge in [-0.3, -0.25) is 0 Å². The van der Waals surface area contributed by atoms with Gasteiger partial charge in [-0.1, -0.05) is 0 Å². The summed E-state index contributed by atoms with van der Waals surface area (Å²) >= 11 is 0. The SMILES string of the molecule is CNCCC1CCN(c2cc(C#N)ccn2)CC1. The highest BCUT2D eigenvalue weighted by Crippen LogP contribution is 2.23. The lowest BCUT2D eigenvalue weighted by molar-refractivity contribution is 0.377. The molecule has 0 radical (unpaired) electrons. The fourth-order valence-corrected chi connectivity index (χ4v) is 2.46. The van der Waals surface area contributed by atoms with Gasteiger partial charge in [0.2, 0.25) is 0 Å². The van der Waals surface area contributed by atoms with Crippen LogP contribution in [0.2, 0.25) is 0 Å². The number of nitrogens with one attached hydrogen (secondary N) is 1. The molecule has 1 fully saturated rings. The molecule has 2 heterocycles. The van der Waals surface area contributed by atoms with Crippen LogP contribution < -0.4 is 10.2 Å². The molecular formula is C14H20N4. The molecule has 96 valence electrons. The summed E-state index contributed by atoms with van der Waals surface area (Å²) in [5.74, 6) is 1.77. The minimum atomic E-state index is 0.692. The Morgan fingerprint density at radius 1 is 1.50 bits per heavy atom. The largest absolute Gasteiger partial charge is 0.357 e. The van der Waals surface area contributed by atoms with E-state index < -0.39 is 0 Å². The monoisotopic (exact) mass is 244 g/mol. The Balaban J connectivity index is 1.91. The van der Waals surface area contributed by atoms with E-state index in [0.717, 1.165) is 31.4 Å². The van der Waals surface area contributed by atoms with Crippen molar-refractivity contribution in [3.8, 4) is 6.07 Å². The molecule has 1 aromatic heterocycles. The molecule has 0 spiro atoms. The van der Waals surface area contributed by atoms with Crippen LogP contribution in [-0.2, 0) is 0 Å². The van der Waals surface area contributed by atoms with Crippen molar-refractivity contribution in [3.05, 3.63) is 23.9 Å². The van der Waals surface area contributed by atoms with E-state index in [1.54, 1.807) is 12.3 Å². The second kappa shape index (κ2) is 6.36. The third kappa shape index (κ3) is 3.21. The molecule has 0 atom stereocenters. The number of rotatable bonds is 4. The van der Waals surface area contributed by atoms with Crippen molar-refractivity contribution in [2.24, 2.45) is 5.92 Å². The number of hydrogen-bond donors (Lipinski definition) is 1. The highest BCUT2D eigenvalue weighted by Gasteiger charge is 2.19. The van der Waals surface area contributed by atoms with Crippen molar-refractivity contribution in [1.29, 1.82) is 5.26 Å². The van der Waals surface area contributed by atoms with Crippen LogP contribution in [0.4, 0.5) is 5.82 Å². The van der Waals surface area contributed by atoms with Crippen molar-refractivity contribution >= 4 is 5.82 Å². The number of aromatic nitrogens is 1. The zero-order valence-corrected chi connectivity index (χ0v) is 10.9. The van der Waals surface area contributed by atoms with E-state index in [2.05, 4.69) is 21.3 Å². The molecule has 4 heteroatoms. The average Bonchev–Trinajstić information content (AvgIpc) is 2.46. The van der Waals surface area contributed by atoms with Crippen molar-refractivity contribution in [2.75, 3.05) is 31.6 Å². The van der Waals surface area contributed by atoms with E-state index in [9.17, 15) is 0 Å². The molecule has 1 aromatic rings. The maximum absolute atomic E-state index is 8.90. The predicted molar refractivity (Wildman–Crippen MR) is 72.4 cm³/mol. The van der Waals surface area contributed by atoms with Crippen LogP contribution in [0.3, 0.4) is 0 Å². The first-order valence-corrected chi connectivity index (χ1v) is 6.59. The molecule has 18 heavy (non-hydrogen) atoms. The van der Waals surface area contributed by atoms with Crippen molar-refractivity contribution in [1.82, 2.24) is 10.3 Å². The van der Waals surface area contributed by atoms with E-state index in [4.69, 9.17) is 5.26 Å². The van der Waals surface area contributed by atoms with Crippen LogP contribution in [0.1, 0.15) is 24.8 Å². The normalized spacial score (nSPS) is 16.6. The fourth-order valence-electron chi connectivity index (χ4n) is 2.46. The summed E-state index contributed by atoms with van der Waals surface area (Å²) in [5.41, 5.74) is 0.692. The quantitative estimate of drug-likeness (QED) is 0.877. The van der Waals surface area contributed by atoms with Crippen LogP contribution in [0.15, 0.2) is 18.3 Å².